The fourth-order valence-electron chi connectivity index (χ4n) is 3.22. The number of alkyl halides is 3. The lowest BCUT2D eigenvalue weighted by Crippen LogP contribution is -2.46. The molecule has 0 bridgehead atoms. The number of benzene rings is 1. The van der Waals surface area contributed by atoms with Crippen molar-refractivity contribution < 1.29 is 22.7 Å². The molecule has 1 aliphatic carbocycles. The molecule has 0 saturated heterocycles. The van der Waals surface area contributed by atoms with Crippen molar-refractivity contribution in [2.24, 2.45) is 5.73 Å². The van der Waals surface area contributed by atoms with Gasteiger partial charge in [0.1, 0.15) is 6.10 Å². The van der Waals surface area contributed by atoms with Crippen LogP contribution in [0.1, 0.15) is 36.3 Å². The Morgan fingerprint density at radius 2 is 2.00 bits per heavy atom. The fourth-order valence-corrected chi connectivity index (χ4v) is 3.22. The van der Waals surface area contributed by atoms with Crippen molar-refractivity contribution in [3.63, 3.8) is 0 Å². The lowest BCUT2D eigenvalue weighted by atomic mass is 9.79. The minimum absolute atomic E-state index is 0.00238. The molecule has 1 saturated carbocycles. The van der Waals surface area contributed by atoms with Crippen LogP contribution < -0.4 is 5.73 Å². The quantitative estimate of drug-likeness (QED) is 0.924. The first-order valence-electron chi connectivity index (χ1n) is 7.48. The highest BCUT2D eigenvalue weighted by molar-refractivity contribution is 5.64. The summed E-state index contributed by atoms with van der Waals surface area (Å²) in [5, 5.41) is 0. The zero-order valence-electron chi connectivity index (χ0n) is 13.1. The normalized spacial score (nSPS) is 25.4. The monoisotopic (exact) mass is 330 g/mol. The number of primary amides is 1. The van der Waals surface area contributed by atoms with Gasteiger partial charge < -0.3 is 15.4 Å². The van der Waals surface area contributed by atoms with Gasteiger partial charge in [0.2, 0.25) is 0 Å². The van der Waals surface area contributed by atoms with Crippen LogP contribution in [0.15, 0.2) is 24.3 Å². The van der Waals surface area contributed by atoms with E-state index in [2.05, 4.69) is 0 Å². The van der Waals surface area contributed by atoms with Crippen molar-refractivity contribution in [1.82, 2.24) is 4.90 Å². The molecule has 1 aromatic carbocycles. The summed E-state index contributed by atoms with van der Waals surface area (Å²) in [6.45, 7) is 0. The van der Waals surface area contributed by atoms with E-state index in [-0.39, 0.29) is 18.1 Å². The van der Waals surface area contributed by atoms with Crippen molar-refractivity contribution >= 4 is 6.09 Å². The van der Waals surface area contributed by atoms with Crippen LogP contribution in [0.2, 0.25) is 0 Å². The van der Waals surface area contributed by atoms with Gasteiger partial charge in [0.15, 0.2) is 0 Å². The van der Waals surface area contributed by atoms with Gasteiger partial charge in [-0.1, -0.05) is 18.2 Å². The van der Waals surface area contributed by atoms with Crippen LogP contribution in [0.5, 0.6) is 0 Å². The number of hydrogen-bond donors (Lipinski definition) is 1. The molecule has 4 nitrogen and oxygen atoms in total. The lowest BCUT2D eigenvalue weighted by molar-refractivity contribution is -0.137. The summed E-state index contributed by atoms with van der Waals surface area (Å²) in [6, 6.07) is 5.38. The summed E-state index contributed by atoms with van der Waals surface area (Å²) in [5.74, 6) is -0.00238. The topological polar surface area (TPSA) is 55.6 Å². The van der Waals surface area contributed by atoms with E-state index in [9.17, 15) is 18.0 Å². The molecule has 3 atom stereocenters. The first kappa shape index (κ1) is 17.6. The molecule has 0 heterocycles. The number of ether oxygens (including phenoxy) is 1. The molecule has 1 aliphatic rings. The molecule has 7 heteroatoms. The number of rotatable bonds is 3. The Morgan fingerprint density at radius 3 is 2.57 bits per heavy atom. The number of nitrogens with zero attached hydrogens (tertiary/aromatic N) is 1. The highest BCUT2D eigenvalue weighted by atomic mass is 19.4. The van der Waals surface area contributed by atoms with Crippen molar-refractivity contribution in [3.8, 4) is 0 Å². The molecule has 1 aromatic rings. The highest BCUT2D eigenvalue weighted by Crippen LogP contribution is 2.38. The molecule has 0 spiro atoms. The van der Waals surface area contributed by atoms with Gasteiger partial charge in [-0.3, -0.25) is 0 Å². The van der Waals surface area contributed by atoms with Crippen molar-refractivity contribution in [3.05, 3.63) is 35.4 Å². The number of carbonyl (C=O) groups is 1. The van der Waals surface area contributed by atoms with E-state index in [1.165, 1.54) is 12.1 Å². The second kappa shape index (κ2) is 6.78. The molecule has 23 heavy (non-hydrogen) atoms. The van der Waals surface area contributed by atoms with Crippen LogP contribution in [0, 0.1) is 0 Å². The van der Waals surface area contributed by atoms with Crippen LogP contribution in [-0.2, 0) is 10.9 Å². The Hall–Kier alpha value is -1.76. The molecule has 2 N–H and O–H groups in total. The maximum absolute atomic E-state index is 12.9. The maximum Gasteiger partial charge on any atom is 0.416 e. The third-order valence-electron chi connectivity index (χ3n) is 4.37. The SMILES string of the molecule is CN(C)[C@H]1C[C@@H](c2cccc(C(F)(F)F)c2)CC[C@@H]1OC(N)=O. The molecule has 0 aromatic heterocycles. The summed E-state index contributed by atoms with van der Waals surface area (Å²) in [7, 11) is 3.72. The van der Waals surface area contributed by atoms with Gasteiger partial charge in [0.25, 0.3) is 0 Å². The second-order valence-corrected chi connectivity index (χ2v) is 6.14. The van der Waals surface area contributed by atoms with E-state index in [0.717, 1.165) is 6.07 Å². The molecule has 1 fully saturated rings. The van der Waals surface area contributed by atoms with E-state index >= 15 is 0 Å². The van der Waals surface area contributed by atoms with E-state index in [0.29, 0.717) is 24.8 Å². The number of halogens is 3. The van der Waals surface area contributed by atoms with Gasteiger partial charge in [0, 0.05) is 6.04 Å². The minimum atomic E-state index is -4.34. The van der Waals surface area contributed by atoms with Crippen LogP contribution in [0.25, 0.3) is 0 Å². The lowest BCUT2D eigenvalue weighted by Gasteiger charge is -2.39. The summed E-state index contributed by atoms with van der Waals surface area (Å²) in [6.07, 6.45) is -3.64. The molecule has 0 radical (unpaired) electrons. The average Bonchev–Trinajstić information content (AvgIpc) is 2.46. The van der Waals surface area contributed by atoms with Gasteiger partial charge in [-0.05, 0) is 50.9 Å². The standard InChI is InChI=1S/C16H21F3N2O2/c1-21(2)13-9-11(6-7-14(13)23-15(20)22)10-4-3-5-12(8-10)16(17,18)19/h3-5,8,11,13-14H,6-7,9H2,1-2H3,(H2,20,22)/t11-,13-,14-/m0/s1. The predicted molar refractivity (Wildman–Crippen MR) is 80.0 cm³/mol. The Balaban J connectivity index is 2.18. The molecule has 128 valence electrons. The maximum atomic E-state index is 12.9. The number of hydrogen-bond acceptors (Lipinski definition) is 3. The average molecular weight is 330 g/mol. The number of likely N-dealkylation sites (N-methyl/N-ethyl adjacent to an activating group) is 1. The molecule has 0 aliphatic heterocycles. The molecule has 1 amide bonds. The van der Waals surface area contributed by atoms with E-state index in [4.69, 9.17) is 10.5 Å². The first-order valence-corrected chi connectivity index (χ1v) is 7.48. The van der Waals surface area contributed by atoms with Crippen LogP contribution in [0.3, 0.4) is 0 Å². The van der Waals surface area contributed by atoms with Gasteiger partial charge in [-0.25, -0.2) is 4.79 Å². The Morgan fingerprint density at radius 1 is 1.30 bits per heavy atom. The second-order valence-electron chi connectivity index (χ2n) is 6.14. The van der Waals surface area contributed by atoms with Crippen molar-refractivity contribution in [1.29, 1.82) is 0 Å². The van der Waals surface area contributed by atoms with Crippen LogP contribution >= 0.6 is 0 Å². The summed E-state index contributed by atoms with van der Waals surface area (Å²) >= 11 is 0. The Bertz CT molecular complexity index is 561. The molecular weight excluding hydrogens is 309 g/mol. The summed E-state index contributed by atoms with van der Waals surface area (Å²) in [5.41, 5.74) is 5.13. The number of carbonyl (C=O) groups excluding carboxylic acids is 1. The number of nitrogens with two attached hydrogens (primary N) is 1. The Labute approximate surface area is 133 Å². The number of amides is 1. The predicted octanol–water partition coefficient (Wildman–Crippen LogP) is 3.37. The zero-order chi connectivity index (χ0) is 17.2. The van der Waals surface area contributed by atoms with Gasteiger partial charge in [0.05, 0.1) is 5.56 Å². The summed E-state index contributed by atoms with van der Waals surface area (Å²) in [4.78, 5) is 12.9. The van der Waals surface area contributed by atoms with Gasteiger partial charge in [-0.15, -0.1) is 0 Å². The van der Waals surface area contributed by atoms with Crippen LogP contribution in [-0.4, -0.2) is 37.2 Å². The molecule has 0 unspecified atom stereocenters. The fraction of sp³-hybridized carbons (Fsp3) is 0.562. The smallest absolute Gasteiger partial charge is 0.416 e. The van der Waals surface area contributed by atoms with E-state index in [1.807, 2.05) is 19.0 Å². The van der Waals surface area contributed by atoms with Gasteiger partial charge >= 0.3 is 12.3 Å². The first-order chi connectivity index (χ1) is 10.7. The molecular formula is C16H21F3N2O2. The highest BCUT2D eigenvalue weighted by Gasteiger charge is 2.36. The zero-order valence-corrected chi connectivity index (χ0v) is 13.1. The third-order valence-corrected chi connectivity index (χ3v) is 4.37. The van der Waals surface area contributed by atoms with E-state index in [1.54, 1.807) is 6.07 Å². The molecule has 2 rings (SSSR count). The van der Waals surface area contributed by atoms with Gasteiger partial charge in [-0.2, -0.15) is 13.2 Å². The van der Waals surface area contributed by atoms with Crippen LogP contribution in [0.4, 0.5) is 18.0 Å². The largest absolute Gasteiger partial charge is 0.445 e. The minimum Gasteiger partial charge on any atom is -0.445 e. The Kier molecular flexibility index (Phi) is 5.19. The summed E-state index contributed by atoms with van der Waals surface area (Å²) < 4.78 is 43.7. The van der Waals surface area contributed by atoms with Crippen molar-refractivity contribution in [2.45, 2.75) is 43.5 Å². The van der Waals surface area contributed by atoms with Crippen molar-refractivity contribution in [2.75, 3.05) is 14.1 Å². The van der Waals surface area contributed by atoms with E-state index < -0.39 is 17.8 Å². The third kappa shape index (κ3) is 4.37.